The highest BCUT2D eigenvalue weighted by molar-refractivity contribution is 5.60. The van der Waals surface area contributed by atoms with Gasteiger partial charge in [0.15, 0.2) is 11.5 Å². The van der Waals surface area contributed by atoms with E-state index in [4.69, 9.17) is 9.47 Å². The second-order valence-electron chi connectivity index (χ2n) is 4.98. The summed E-state index contributed by atoms with van der Waals surface area (Å²) >= 11 is 0. The highest BCUT2D eigenvalue weighted by Crippen LogP contribution is 2.35. The Morgan fingerprint density at radius 3 is 2.41 bits per heavy atom. The minimum atomic E-state index is -0.736. The molecule has 1 aromatic rings. The molecule has 1 aliphatic rings. The first kappa shape index (κ1) is 12.0. The van der Waals surface area contributed by atoms with Gasteiger partial charge >= 0.3 is 0 Å². The summed E-state index contributed by atoms with van der Waals surface area (Å²) in [5.74, 6) is 1.56. The lowest BCUT2D eigenvalue weighted by atomic mass is 10.1. The predicted octanol–water partition coefficient (Wildman–Crippen LogP) is 1.95. The fourth-order valence-corrected chi connectivity index (χ4v) is 1.69. The number of ether oxygens (including phenoxy) is 2. The van der Waals surface area contributed by atoms with Gasteiger partial charge in [-0.05, 0) is 32.4 Å². The first-order chi connectivity index (χ1) is 7.96. The van der Waals surface area contributed by atoms with Crippen LogP contribution in [-0.4, -0.2) is 30.5 Å². The third-order valence-electron chi connectivity index (χ3n) is 2.60. The van der Waals surface area contributed by atoms with E-state index in [-0.39, 0.29) is 0 Å². The highest BCUT2D eigenvalue weighted by Gasteiger charge is 2.16. The molecule has 4 heteroatoms. The van der Waals surface area contributed by atoms with Crippen molar-refractivity contribution in [3.63, 3.8) is 0 Å². The van der Waals surface area contributed by atoms with Gasteiger partial charge in [0.05, 0.1) is 5.60 Å². The molecule has 0 fully saturated rings. The molecule has 17 heavy (non-hydrogen) atoms. The van der Waals surface area contributed by atoms with Crippen LogP contribution in [-0.2, 0) is 0 Å². The molecule has 2 N–H and O–H groups in total. The van der Waals surface area contributed by atoms with Crippen LogP contribution in [0.25, 0.3) is 0 Å². The van der Waals surface area contributed by atoms with Crippen LogP contribution in [0.3, 0.4) is 0 Å². The predicted molar refractivity (Wildman–Crippen MR) is 67.0 cm³/mol. The zero-order chi connectivity index (χ0) is 12.5. The second-order valence-corrected chi connectivity index (χ2v) is 4.98. The number of aryl methyl sites for hydroxylation is 1. The second kappa shape index (κ2) is 4.45. The number of hydrogen-bond acceptors (Lipinski definition) is 4. The van der Waals surface area contributed by atoms with E-state index in [9.17, 15) is 5.11 Å². The molecule has 0 amide bonds. The summed E-state index contributed by atoms with van der Waals surface area (Å²) in [6.45, 7) is 7.23. The summed E-state index contributed by atoms with van der Waals surface area (Å²) in [4.78, 5) is 0. The van der Waals surface area contributed by atoms with Crippen LogP contribution >= 0.6 is 0 Å². The third kappa shape index (κ3) is 3.03. The SMILES string of the molecule is Cc1cc2c(cc1NCC(C)(C)O)OCCO2. The van der Waals surface area contributed by atoms with Crippen molar-refractivity contribution in [3.8, 4) is 11.5 Å². The van der Waals surface area contributed by atoms with Crippen LogP contribution in [0.2, 0.25) is 0 Å². The van der Waals surface area contributed by atoms with Crippen molar-refractivity contribution in [1.29, 1.82) is 0 Å². The summed E-state index contributed by atoms with van der Waals surface area (Å²) in [6, 6.07) is 3.89. The van der Waals surface area contributed by atoms with E-state index in [1.807, 2.05) is 19.1 Å². The van der Waals surface area contributed by atoms with Crippen LogP contribution < -0.4 is 14.8 Å². The molecular weight excluding hydrogens is 218 g/mol. The maximum absolute atomic E-state index is 9.69. The quantitative estimate of drug-likeness (QED) is 0.843. The monoisotopic (exact) mass is 237 g/mol. The van der Waals surface area contributed by atoms with E-state index in [0.717, 1.165) is 22.7 Å². The lowest BCUT2D eigenvalue weighted by Gasteiger charge is -2.23. The van der Waals surface area contributed by atoms with Gasteiger partial charge < -0.3 is 19.9 Å². The molecule has 0 saturated carbocycles. The zero-order valence-corrected chi connectivity index (χ0v) is 10.5. The number of nitrogens with one attached hydrogen (secondary N) is 1. The van der Waals surface area contributed by atoms with Crippen molar-refractivity contribution in [2.75, 3.05) is 25.1 Å². The number of fused-ring (bicyclic) bond motifs is 1. The molecular formula is C13H19NO3. The van der Waals surface area contributed by atoms with E-state index in [2.05, 4.69) is 5.32 Å². The van der Waals surface area contributed by atoms with Crippen molar-refractivity contribution in [2.24, 2.45) is 0 Å². The van der Waals surface area contributed by atoms with Gasteiger partial charge in [0.25, 0.3) is 0 Å². The van der Waals surface area contributed by atoms with Crippen LogP contribution in [0.4, 0.5) is 5.69 Å². The third-order valence-corrected chi connectivity index (χ3v) is 2.60. The molecule has 2 rings (SSSR count). The summed E-state index contributed by atoms with van der Waals surface area (Å²) in [6.07, 6.45) is 0. The molecule has 1 heterocycles. The Bertz CT molecular complexity index is 410. The fraction of sp³-hybridized carbons (Fsp3) is 0.538. The Morgan fingerprint density at radius 1 is 1.24 bits per heavy atom. The van der Waals surface area contributed by atoms with Crippen molar-refractivity contribution in [3.05, 3.63) is 17.7 Å². The highest BCUT2D eigenvalue weighted by atomic mass is 16.6. The lowest BCUT2D eigenvalue weighted by Crippen LogP contribution is -2.29. The number of benzene rings is 1. The normalized spacial score (nSPS) is 14.6. The smallest absolute Gasteiger partial charge is 0.163 e. The van der Waals surface area contributed by atoms with E-state index in [1.165, 1.54) is 0 Å². The molecule has 0 atom stereocenters. The van der Waals surface area contributed by atoms with Crippen molar-refractivity contribution >= 4 is 5.69 Å². The van der Waals surface area contributed by atoms with Gasteiger partial charge in [0.2, 0.25) is 0 Å². The molecule has 0 aliphatic carbocycles. The Kier molecular flexibility index (Phi) is 3.15. The first-order valence-corrected chi connectivity index (χ1v) is 5.82. The van der Waals surface area contributed by atoms with Crippen molar-refractivity contribution < 1.29 is 14.6 Å². The molecule has 0 saturated heterocycles. The molecule has 94 valence electrons. The molecule has 0 radical (unpaired) electrons. The van der Waals surface area contributed by atoms with Gasteiger partial charge in [0.1, 0.15) is 13.2 Å². The Balaban J connectivity index is 2.17. The van der Waals surface area contributed by atoms with E-state index >= 15 is 0 Å². The lowest BCUT2D eigenvalue weighted by molar-refractivity contribution is 0.0945. The van der Waals surface area contributed by atoms with Crippen LogP contribution in [0.5, 0.6) is 11.5 Å². The summed E-state index contributed by atoms with van der Waals surface area (Å²) in [5.41, 5.74) is 1.31. The average molecular weight is 237 g/mol. The fourth-order valence-electron chi connectivity index (χ4n) is 1.69. The van der Waals surface area contributed by atoms with Gasteiger partial charge in [-0.1, -0.05) is 0 Å². The number of aliphatic hydroxyl groups is 1. The zero-order valence-electron chi connectivity index (χ0n) is 10.5. The van der Waals surface area contributed by atoms with Crippen LogP contribution in [0.1, 0.15) is 19.4 Å². The Labute approximate surface area is 102 Å². The van der Waals surface area contributed by atoms with Gasteiger partial charge in [-0.25, -0.2) is 0 Å². The van der Waals surface area contributed by atoms with Crippen molar-refractivity contribution in [1.82, 2.24) is 0 Å². The standard InChI is InChI=1S/C13H19NO3/c1-9-6-11-12(17-5-4-16-11)7-10(9)14-8-13(2,3)15/h6-7,14-15H,4-5,8H2,1-3H3. The van der Waals surface area contributed by atoms with E-state index in [0.29, 0.717) is 19.8 Å². The van der Waals surface area contributed by atoms with Crippen LogP contribution in [0.15, 0.2) is 12.1 Å². The number of hydrogen-bond donors (Lipinski definition) is 2. The minimum Gasteiger partial charge on any atom is -0.486 e. The summed E-state index contributed by atoms with van der Waals surface area (Å²) in [5, 5.41) is 12.9. The van der Waals surface area contributed by atoms with Crippen molar-refractivity contribution in [2.45, 2.75) is 26.4 Å². The number of anilines is 1. The molecule has 0 aromatic heterocycles. The van der Waals surface area contributed by atoms with Gasteiger partial charge in [-0.15, -0.1) is 0 Å². The molecule has 0 bridgehead atoms. The van der Waals surface area contributed by atoms with Gasteiger partial charge in [-0.3, -0.25) is 0 Å². The largest absolute Gasteiger partial charge is 0.486 e. The molecule has 4 nitrogen and oxygen atoms in total. The Hall–Kier alpha value is -1.42. The van der Waals surface area contributed by atoms with Crippen LogP contribution in [0, 0.1) is 6.92 Å². The Morgan fingerprint density at radius 2 is 1.82 bits per heavy atom. The summed E-state index contributed by atoms with van der Waals surface area (Å²) < 4.78 is 11.0. The molecule has 1 aromatic carbocycles. The average Bonchev–Trinajstić information content (AvgIpc) is 2.25. The topological polar surface area (TPSA) is 50.7 Å². The maximum Gasteiger partial charge on any atom is 0.163 e. The van der Waals surface area contributed by atoms with Gasteiger partial charge in [-0.2, -0.15) is 0 Å². The minimum absolute atomic E-state index is 0.494. The number of rotatable bonds is 3. The van der Waals surface area contributed by atoms with E-state index in [1.54, 1.807) is 13.8 Å². The molecule has 0 spiro atoms. The molecule has 1 aliphatic heterocycles. The van der Waals surface area contributed by atoms with E-state index < -0.39 is 5.60 Å². The maximum atomic E-state index is 9.69. The van der Waals surface area contributed by atoms with Gasteiger partial charge in [0, 0.05) is 18.3 Å². The first-order valence-electron chi connectivity index (χ1n) is 5.82. The summed E-state index contributed by atoms with van der Waals surface area (Å²) in [7, 11) is 0. The molecule has 0 unspecified atom stereocenters.